The molecule has 0 amide bonds. The van der Waals surface area contributed by atoms with Crippen LogP contribution in [0.5, 0.6) is 0 Å². The predicted octanol–water partition coefficient (Wildman–Crippen LogP) is 1.40. The Morgan fingerprint density at radius 2 is 1.94 bits per heavy atom. The number of esters is 1. The van der Waals surface area contributed by atoms with Gasteiger partial charge < -0.3 is 10.5 Å². The largest absolute Gasteiger partial charge is 0.469 e. The zero-order chi connectivity index (χ0) is 12.7. The molecule has 1 aromatic rings. The molecule has 90 valence electrons. The number of carbonyl (C=O) groups excluding carboxylic acids is 2. The fourth-order valence-electron chi connectivity index (χ4n) is 1.27. The van der Waals surface area contributed by atoms with Crippen LogP contribution in [0.25, 0.3) is 6.08 Å². The van der Waals surface area contributed by atoms with E-state index in [1.807, 2.05) is 0 Å². The second kappa shape index (κ2) is 6.60. The van der Waals surface area contributed by atoms with Crippen LogP contribution in [0.2, 0.25) is 0 Å². The molecule has 0 unspecified atom stereocenters. The average molecular weight is 233 g/mol. The molecule has 0 aliphatic carbocycles. The van der Waals surface area contributed by atoms with E-state index in [0.717, 1.165) is 5.56 Å². The van der Waals surface area contributed by atoms with Crippen LogP contribution in [0.15, 0.2) is 30.3 Å². The summed E-state index contributed by atoms with van der Waals surface area (Å²) in [5, 5.41) is 0. The number of carbonyl (C=O) groups is 2. The van der Waals surface area contributed by atoms with Crippen LogP contribution in [0, 0.1) is 0 Å². The molecule has 0 saturated heterocycles. The van der Waals surface area contributed by atoms with E-state index in [9.17, 15) is 9.59 Å². The van der Waals surface area contributed by atoms with Crippen molar-refractivity contribution in [3.05, 3.63) is 41.5 Å². The monoisotopic (exact) mass is 233 g/mol. The lowest BCUT2D eigenvalue weighted by molar-refractivity contribution is -0.139. The van der Waals surface area contributed by atoms with E-state index in [4.69, 9.17) is 5.73 Å². The fourth-order valence-corrected chi connectivity index (χ4v) is 1.27. The molecule has 0 atom stereocenters. The second-order valence-electron chi connectivity index (χ2n) is 3.43. The molecule has 1 aromatic carbocycles. The van der Waals surface area contributed by atoms with Crippen molar-refractivity contribution in [3.63, 3.8) is 0 Å². The van der Waals surface area contributed by atoms with E-state index in [-0.39, 0.29) is 24.7 Å². The third-order valence-corrected chi connectivity index (χ3v) is 2.24. The van der Waals surface area contributed by atoms with Gasteiger partial charge in [0, 0.05) is 5.56 Å². The molecule has 0 heterocycles. The summed E-state index contributed by atoms with van der Waals surface area (Å²) in [5.41, 5.74) is 6.77. The van der Waals surface area contributed by atoms with E-state index in [0.29, 0.717) is 5.56 Å². The first kappa shape index (κ1) is 13.1. The van der Waals surface area contributed by atoms with Gasteiger partial charge in [-0.2, -0.15) is 0 Å². The molecule has 0 radical (unpaired) electrons. The lowest BCUT2D eigenvalue weighted by Crippen LogP contribution is -2.13. The van der Waals surface area contributed by atoms with Gasteiger partial charge in [0.25, 0.3) is 0 Å². The van der Waals surface area contributed by atoms with E-state index in [1.165, 1.54) is 7.11 Å². The van der Waals surface area contributed by atoms with Gasteiger partial charge in [0.2, 0.25) is 0 Å². The van der Waals surface area contributed by atoms with E-state index in [1.54, 1.807) is 36.4 Å². The maximum absolute atomic E-state index is 11.3. The van der Waals surface area contributed by atoms with Crippen LogP contribution in [-0.2, 0) is 9.53 Å². The SMILES string of the molecule is COC(=O)CC=Cc1ccc(C(=O)CN)cc1. The van der Waals surface area contributed by atoms with Gasteiger partial charge >= 0.3 is 5.97 Å². The predicted molar refractivity (Wildman–Crippen MR) is 65.5 cm³/mol. The minimum Gasteiger partial charge on any atom is -0.469 e. The quantitative estimate of drug-likeness (QED) is 0.616. The number of Topliss-reactive ketones (excluding diaryl/α,β-unsaturated/α-hetero) is 1. The molecule has 0 saturated carbocycles. The maximum Gasteiger partial charge on any atom is 0.309 e. The first-order valence-corrected chi connectivity index (χ1v) is 5.24. The zero-order valence-electron chi connectivity index (χ0n) is 9.68. The summed E-state index contributed by atoms with van der Waals surface area (Å²) in [6.07, 6.45) is 3.75. The molecule has 2 N–H and O–H groups in total. The highest BCUT2D eigenvalue weighted by atomic mass is 16.5. The van der Waals surface area contributed by atoms with E-state index >= 15 is 0 Å². The standard InChI is InChI=1S/C13H15NO3/c1-17-13(16)4-2-3-10-5-7-11(8-6-10)12(15)9-14/h2-3,5-8H,4,9,14H2,1H3. The summed E-state index contributed by atoms with van der Waals surface area (Å²) in [7, 11) is 1.35. The molecule has 0 spiro atoms. The highest BCUT2D eigenvalue weighted by Crippen LogP contribution is 2.07. The van der Waals surface area contributed by atoms with E-state index in [2.05, 4.69) is 4.74 Å². The van der Waals surface area contributed by atoms with Gasteiger partial charge in [-0.15, -0.1) is 0 Å². The molecular weight excluding hydrogens is 218 g/mol. The maximum atomic E-state index is 11.3. The van der Waals surface area contributed by atoms with Crippen molar-refractivity contribution in [1.82, 2.24) is 0 Å². The van der Waals surface area contributed by atoms with E-state index < -0.39 is 0 Å². The second-order valence-corrected chi connectivity index (χ2v) is 3.43. The molecule has 17 heavy (non-hydrogen) atoms. The summed E-state index contributed by atoms with van der Waals surface area (Å²) < 4.78 is 4.50. The van der Waals surface area contributed by atoms with Gasteiger partial charge in [0.1, 0.15) is 0 Å². The summed E-state index contributed by atoms with van der Waals surface area (Å²) in [4.78, 5) is 22.1. The highest BCUT2D eigenvalue weighted by Gasteiger charge is 2.01. The van der Waals surface area contributed by atoms with Crippen LogP contribution in [0.3, 0.4) is 0 Å². The average Bonchev–Trinajstić information content (AvgIpc) is 2.38. The molecule has 1 rings (SSSR count). The Bertz CT molecular complexity index is 421. The lowest BCUT2D eigenvalue weighted by atomic mass is 10.1. The van der Waals surface area contributed by atoms with Crippen LogP contribution < -0.4 is 5.73 Å². The van der Waals surface area contributed by atoms with Crippen molar-refractivity contribution in [2.24, 2.45) is 5.73 Å². The molecule has 4 heteroatoms. The molecular formula is C13H15NO3. The van der Waals surface area contributed by atoms with Crippen molar-refractivity contribution in [3.8, 4) is 0 Å². The molecule has 0 fully saturated rings. The zero-order valence-corrected chi connectivity index (χ0v) is 9.68. The van der Waals surface area contributed by atoms with Gasteiger partial charge in [-0.1, -0.05) is 36.4 Å². The minimum atomic E-state index is -0.281. The fraction of sp³-hybridized carbons (Fsp3) is 0.231. The van der Waals surface area contributed by atoms with Gasteiger partial charge in [0.05, 0.1) is 20.1 Å². The Hall–Kier alpha value is -1.94. The number of methoxy groups -OCH3 is 1. The molecule has 4 nitrogen and oxygen atoms in total. The van der Waals surface area contributed by atoms with Crippen LogP contribution in [0.1, 0.15) is 22.3 Å². The lowest BCUT2D eigenvalue weighted by Gasteiger charge is -1.98. The smallest absolute Gasteiger partial charge is 0.309 e. The number of benzene rings is 1. The molecule has 0 aliphatic heterocycles. The number of hydrogen-bond donors (Lipinski definition) is 1. The number of ketones is 1. The van der Waals surface area contributed by atoms with Gasteiger partial charge in [0.15, 0.2) is 5.78 Å². The number of hydrogen-bond acceptors (Lipinski definition) is 4. The van der Waals surface area contributed by atoms with Crippen molar-refractivity contribution < 1.29 is 14.3 Å². The number of nitrogens with two attached hydrogens (primary N) is 1. The van der Waals surface area contributed by atoms with Crippen molar-refractivity contribution in [1.29, 1.82) is 0 Å². The van der Waals surface area contributed by atoms with Gasteiger partial charge in [-0.05, 0) is 5.56 Å². The van der Waals surface area contributed by atoms with Crippen molar-refractivity contribution >= 4 is 17.8 Å². The third-order valence-electron chi connectivity index (χ3n) is 2.24. The molecule has 0 aromatic heterocycles. The minimum absolute atomic E-state index is 0.0114. The first-order valence-electron chi connectivity index (χ1n) is 5.24. The van der Waals surface area contributed by atoms with Gasteiger partial charge in [-0.3, -0.25) is 9.59 Å². The molecule has 0 bridgehead atoms. The highest BCUT2D eigenvalue weighted by molar-refractivity contribution is 5.97. The Morgan fingerprint density at radius 3 is 2.47 bits per heavy atom. The summed E-state index contributed by atoms with van der Waals surface area (Å²) in [6, 6.07) is 7.04. The van der Waals surface area contributed by atoms with Gasteiger partial charge in [-0.25, -0.2) is 0 Å². The summed E-state index contributed by atoms with van der Waals surface area (Å²) >= 11 is 0. The number of rotatable bonds is 5. The van der Waals surface area contributed by atoms with Crippen LogP contribution in [0.4, 0.5) is 0 Å². The summed E-state index contributed by atoms with van der Waals surface area (Å²) in [5.74, 6) is -0.369. The Morgan fingerprint density at radius 1 is 1.29 bits per heavy atom. The topological polar surface area (TPSA) is 69.4 Å². The van der Waals surface area contributed by atoms with Crippen LogP contribution in [-0.4, -0.2) is 25.4 Å². The Kier molecular flexibility index (Phi) is 5.10. The van der Waals surface area contributed by atoms with Crippen molar-refractivity contribution in [2.75, 3.05) is 13.7 Å². The number of ether oxygens (including phenoxy) is 1. The normalized spacial score (nSPS) is 10.5. The van der Waals surface area contributed by atoms with Crippen molar-refractivity contribution in [2.45, 2.75) is 6.42 Å². The van der Waals surface area contributed by atoms with Crippen LogP contribution >= 0.6 is 0 Å². The summed E-state index contributed by atoms with van der Waals surface area (Å²) in [6.45, 7) is 0.0114. The third kappa shape index (κ3) is 4.20. The Balaban J connectivity index is 2.62. The molecule has 0 aliphatic rings. The first-order chi connectivity index (χ1) is 8.17. The Labute approximate surface area is 100 Å².